The van der Waals surface area contributed by atoms with Gasteiger partial charge in [-0.05, 0) is 83.8 Å². The molecule has 0 aliphatic heterocycles. The highest BCUT2D eigenvalue weighted by atomic mass is 79.9. The summed E-state index contributed by atoms with van der Waals surface area (Å²) in [5.41, 5.74) is 0. The molecule has 0 saturated heterocycles. The van der Waals surface area contributed by atoms with Gasteiger partial charge in [0, 0.05) is 23.6 Å². The smallest absolute Gasteiger partial charge is 0.134 e. The van der Waals surface area contributed by atoms with Crippen molar-refractivity contribution in [2.24, 2.45) is 0 Å². The van der Waals surface area contributed by atoms with Crippen LogP contribution in [0.25, 0.3) is 10.8 Å². The van der Waals surface area contributed by atoms with Gasteiger partial charge in [0.2, 0.25) is 0 Å². The summed E-state index contributed by atoms with van der Waals surface area (Å²) < 4.78 is 13.7. The summed E-state index contributed by atoms with van der Waals surface area (Å²) in [5.74, 6) is 1.49. The Labute approximate surface area is 171 Å². The van der Waals surface area contributed by atoms with Crippen LogP contribution in [0.3, 0.4) is 0 Å². The fourth-order valence-electron chi connectivity index (χ4n) is 2.96. The monoisotopic (exact) mass is 488 g/mol. The predicted octanol–water partition coefficient (Wildman–Crippen LogP) is 5.44. The molecule has 0 aromatic heterocycles. The Morgan fingerprint density at radius 2 is 1.08 bits per heavy atom. The van der Waals surface area contributed by atoms with E-state index in [4.69, 9.17) is 9.47 Å². The highest BCUT2D eigenvalue weighted by Crippen LogP contribution is 2.41. The van der Waals surface area contributed by atoms with Gasteiger partial charge in [0.15, 0.2) is 0 Å². The molecule has 0 saturated carbocycles. The van der Waals surface area contributed by atoms with E-state index in [1.54, 1.807) is 13.8 Å². The summed E-state index contributed by atoms with van der Waals surface area (Å²) in [6.07, 6.45) is 0.167. The molecule has 4 nitrogen and oxygen atoms in total. The number of ether oxygens (including phenoxy) is 2. The molecule has 0 amide bonds. The van der Waals surface area contributed by atoms with Crippen LogP contribution in [0.2, 0.25) is 0 Å². The van der Waals surface area contributed by atoms with Crippen molar-refractivity contribution in [1.82, 2.24) is 0 Å². The summed E-state index contributed by atoms with van der Waals surface area (Å²) in [7, 11) is 0. The lowest BCUT2D eigenvalue weighted by Crippen LogP contribution is -2.18. The number of hydrogen-bond donors (Lipinski definition) is 2. The predicted molar refractivity (Wildman–Crippen MR) is 112 cm³/mol. The maximum atomic E-state index is 9.51. The van der Waals surface area contributed by atoms with Crippen LogP contribution in [0.15, 0.2) is 33.2 Å². The minimum absolute atomic E-state index is 0.0869. The number of aliphatic hydroxyl groups excluding tert-OH is 2. The molecule has 0 aliphatic carbocycles. The second-order valence-electron chi connectivity index (χ2n) is 6.88. The van der Waals surface area contributed by atoms with Gasteiger partial charge in [-0.2, -0.15) is 0 Å². The van der Waals surface area contributed by atoms with Gasteiger partial charge in [0.1, 0.15) is 11.5 Å². The highest BCUT2D eigenvalue weighted by Gasteiger charge is 2.16. The first kappa shape index (κ1) is 21.5. The maximum Gasteiger partial charge on any atom is 0.134 e. The lowest BCUT2D eigenvalue weighted by molar-refractivity contribution is 0.114. The van der Waals surface area contributed by atoms with Crippen molar-refractivity contribution in [2.45, 2.75) is 65.0 Å². The second-order valence-corrected chi connectivity index (χ2v) is 8.46. The van der Waals surface area contributed by atoms with E-state index in [0.29, 0.717) is 12.8 Å². The van der Waals surface area contributed by atoms with Gasteiger partial charge in [0.05, 0.1) is 33.4 Å². The lowest BCUT2D eigenvalue weighted by Gasteiger charge is -2.20. The molecule has 2 N–H and O–H groups in total. The number of rotatable bonds is 8. The molecule has 4 atom stereocenters. The standard InChI is InChI=1S/C20H26Br2O4/c1-11(23)9-13(3)25-17-7-5-16-15(19(17)21)6-8-18(20(16)22)26-14(4)10-12(2)24/h5-8,11-14,23-24H,9-10H2,1-4H3/t11-,12-,13+,14+/m1/s1. The minimum Gasteiger partial charge on any atom is -0.489 e. The molecule has 2 aromatic rings. The third kappa shape index (κ3) is 5.59. The summed E-state index contributed by atoms with van der Waals surface area (Å²) in [5, 5.41) is 21.0. The first-order valence-corrected chi connectivity index (χ1v) is 10.4. The van der Waals surface area contributed by atoms with E-state index in [0.717, 1.165) is 31.2 Å². The largest absolute Gasteiger partial charge is 0.489 e. The van der Waals surface area contributed by atoms with Crippen molar-refractivity contribution in [1.29, 1.82) is 0 Å². The second kappa shape index (κ2) is 9.40. The summed E-state index contributed by atoms with van der Waals surface area (Å²) in [6, 6.07) is 7.80. The minimum atomic E-state index is -0.401. The van der Waals surface area contributed by atoms with E-state index < -0.39 is 12.2 Å². The van der Waals surface area contributed by atoms with Gasteiger partial charge in [-0.25, -0.2) is 0 Å². The number of benzene rings is 2. The average molecular weight is 490 g/mol. The van der Waals surface area contributed by atoms with Gasteiger partial charge in [-0.3, -0.25) is 0 Å². The Kier molecular flexibility index (Phi) is 7.76. The molecular weight excluding hydrogens is 464 g/mol. The van der Waals surface area contributed by atoms with Crippen molar-refractivity contribution in [3.63, 3.8) is 0 Å². The van der Waals surface area contributed by atoms with Crippen molar-refractivity contribution in [3.05, 3.63) is 33.2 Å². The summed E-state index contributed by atoms with van der Waals surface area (Å²) in [6.45, 7) is 7.40. The fourth-order valence-corrected chi connectivity index (χ4v) is 4.11. The van der Waals surface area contributed by atoms with Gasteiger partial charge < -0.3 is 19.7 Å². The van der Waals surface area contributed by atoms with Gasteiger partial charge in [-0.1, -0.05) is 0 Å². The maximum absolute atomic E-state index is 9.51. The van der Waals surface area contributed by atoms with Gasteiger partial charge >= 0.3 is 0 Å². The SMILES string of the molecule is C[C@@H](O)C[C@H](C)Oc1ccc2c(Br)c(O[C@@H](C)C[C@@H](C)O)ccc2c1Br. The normalized spacial score (nSPS) is 16.2. The molecule has 0 aliphatic rings. The Balaban J connectivity index is 2.28. The molecule has 2 rings (SSSR count). The van der Waals surface area contributed by atoms with Crippen LogP contribution in [0.1, 0.15) is 40.5 Å². The Morgan fingerprint density at radius 3 is 1.38 bits per heavy atom. The molecule has 144 valence electrons. The first-order chi connectivity index (χ1) is 12.2. The molecule has 0 unspecified atom stereocenters. The molecule has 0 fully saturated rings. The fraction of sp³-hybridized carbons (Fsp3) is 0.500. The molecule has 0 spiro atoms. The van der Waals surface area contributed by atoms with Crippen molar-refractivity contribution in [2.75, 3.05) is 0 Å². The Hall–Kier alpha value is -0.820. The van der Waals surface area contributed by atoms with Crippen LogP contribution in [-0.4, -0.2) is 34.6 Å². The zero-order chi connectivity index (χ0) is 19.4. The third-order valence-corrected chi connectivity index (χ3v) is 5.64. The van der Waals surface area contributed by atoms with E-state index in [9.17, 15) is 10.2 Å². The molecule has 6 heteroatoms. The molecule has 0 radical (unpaired) electrons. The lowest BCUT2D eigenvalue weighted by atomic mass is 10.1. The molecule has 0 heterocycles. The van der Waals surface area contributed by atoms with E-state index in [1.807, 2.05) is 38.1 Å². The molecular formula is C20H26Br2O4. The highest BCUT2D eigenvalue weighted by molar-refractivity contribution is 9.11. The third-order valence-electron chi connectivity index (χ3n) is 4.00. The summed E-state index contributed by atoms with van der Waals surface area (Å²) in [4.78, 5) is 0. The van der Waals surface area contributed by atoms with Crippen molar-refractivity contribution in [3.8, 4) is 11.5 Å². The average Bonchev–Trinajstić information content (AvgIpc) is 2.51. The zero-order valence-corrected chi connectivity index (χ0v) is 18.7. The number of fused-ring (bicyclic) bond motifs is 1. The number of halogens is 2. The van der Waals surface area contributed by atoms with Crippen molar-refractivity contribution >= 4 is 42.6 Å². The Morgan fingerprint density at radius 1 is 0.731 bits per heavy atom. The molecule has 0 bridgehead atoms. The topological polar surface area (TPSA) is 58.9 Å². The van der Waals surface area contributed by atoms with Crippen LogP contribution in [0, 0.1) is 0 Å². The van der Waals surface area contributed by atoms with E-state index >= 15 is 0 Å². The molecule has 26 heavy (non-hydrogen) atoms. The van der Waals surface area contributed by atoms with Crippen LogP contribution in [-0.2, 0) is 0 Å². The molecule has 2 aromatic carbocycles. The number of aliphatic hydroxyl groups is 2. The van der Waals surface area contributed by atoms with Crippen LogP contribution < -0.4 is 9.47 Å². The van der Waals surface area contributed by atoms with E-state index in [-0.39, 0.29) is 12.2 Å². The van der Waals surface area contributed by atoms with Gasteiger partial charge in [-0.15, -0.1) is 0 Å². The van der Waals surface area contributed by atoms with E-state index in [2.05, 4.69) is 31.9 Å². The number of hydrogen-bond acceptors (Lipinski definition) is 4. The van der Waals surface area contributed by atoms with Crippen LogP contribution in [0.4, 0.5) is 0 Å². The first-order valence-electron chi connectivity index (χ1n) is 8.79. The van der Waals surface area contributed by atoms with Crippen LogP contribution >= 0.6 is 31.9 Å². The van der Waals surface area contributed by atoms with Crippen LogP contribution in [0.5, 0.6) is 11.5 Å². The van der Waals surface area contributed by atoms with Gasteiger partial charge in [0.25, 0.3) is 0 Å². The quantitative estimate of drug-likeness (QED) is 0.518. The summed E-state index contributed by atoms with van der Waals surface area (Å²) >= 11 is 7.27. The zero-order valence-electron chi connectivity index (χ0n) is 15.5. The van der Waals surface area contributed by atoms with Crippen molar-refractivity contribution < 1.29 is 19.7 Å². The van der Waals surface area contributed by atoms with E-state index in [1.165, 1.54) is 0 Å². The Bertz CT molecular complexity index is 683.